The first-order valence-corrected chi connectivity index (χ1v) is 12.5. The van der Waals surface area contributed by atoms with Gasteiger partial charge < -0.3 is 10.3 Å². The van der Waals surface area contributed by atoms with Crippen LogP contribution >= 0.6 is 0 Å². The fraction of sp³-hybridized carbons (Fsp3) is 0.167. The maximum atomic E-state index is 12.5. The van der Waals surface area contributed by atoms with E-state index in [-0.39, 0.29) is 11.3 Å². The summed E-state index contributed by atoms with van der Waals surface area (Å²) in [6, 6.07) is 21.5. The number of nitrogens with one attached hydrogen (secondary N) is 3. The van der Waals surface area contributed by atoms with Crippen LogP contribution in [0.5, 0.6) is 0 Å². The Morgan fingerprint density at radius 1 is 0.868 bits per heavy atom. The molecule has 0 unspecified atom stereocenters. The number of H-pyrrole nitrogens is 2. The van der Waals surface area contributed by atoms with Gasteiger partial charge in [-0.2, -0.15) is 5.10 Å². The van der Waals surface area contributed by atoms with Gasteiger partial charge in [-0.15, -0.1) is 0 Å². The van der Waals surface area contributed by atoms with E-state index in [2.05, 4.69) is 30.5 Å². The van der Waals surface area contributed by atoms with E-state index >= 15 is 0 Å². The molecule has 38 heavy (non-hydrogen) atoms. The molecular weight excluding hydrogens is 474 g/mol. The zero-order chi connectivity index (χ0) is 26.3. The average molecular weight is 502 g/mol. The molecule has 0 spiro atoms. The second kappa shape index (κ2) is 9.23. The molecule has 8 heteroatoms. The summed E-state index contributed by atoms with van der Waals surface area (Å²) >= 11 is 0. The summed E-state index contributed by atoms with van der Waals surface area (Å²) in [6.45, 7) is 6.15. The Kier molecular flexibility index (Phi) is 5.72. The van der Waals surface area contributed by atoms with Crippen molar-refractivity contribution in [2.45, 2.75) is 27.2 Å². The maximum absolute atomic E-state index is 12.5. The molecule has 8 nitrogen and oxygen atoms in total. The van der Waals surface area contributed by atoms with Crippen molar-refractivity contribution in [3.05, 3.63) is 79.1 Å². The summed E-state index contributed by atoms with van der Waals surface area (Å²) in [5, 5.41) is 11.7. The summed E-state index contributed by atoms with van der Waals surface area (Å²) in [6.07, 6.45) is 3.99. The van der Waals surface area contributed by atoms with Crippen molar-refractivity contribution in [2.24, 2.45) is 5.41 Å². The molecule has 0 radical (unpaired) electrons. The minimum absolute atomic E-state index is 0.00597. The van der Waals surface area contributed by atoms with Crippen molar-refractivity contribution in [3.63, 3.8) is 0 Å². The van der Waals surface area contributed by atoms with Crippen LogP contribution < -0.4 is 5.32 Å². The Morgan fingerprint density at radius 2 is 1.76 bits per heavy atom. The van der Waals surface area contributed by atoms with Crippen molar-refractivity contribution in [2.75, 3.05) is 5.32 Å². The van der Waals surface area contributed by atoms with Crippen LogP contribution in [-0.2, 0) is 4.79 Å². The van der Waals surface area contributed by atoms with E-state index in [1.165, 1.54) is 0 Å². The van der Waals surface area contributed by atoms with Crippen LogP contribution in [0.1, 0.15) is 27.2 Å². The van der Waals surface area contributed by atoms with Gasteiger partial charge in [0.2, 0.25) is 5.91 Å². The Bertz CT molecular complexity index is 1780. The highest BCUT2D eigenvalue weighted by molar-refractivity contribution is 5.99. The molecule has 6 aromatic rings. The van der Waals surface area contributed by atoms with Crippen molar-refractivity contribution in [1.82, 2.24) is 30.1 Å². The molecule has 6 rings (SSSR count). The molecule has 0 atom stereocenters. The van der Waals surface area contributed by atoms with Crippen molar-refractivity contribution >= 4 is 33.5 Å². The van der Waals surface area contributed by atoms with Gasteiger partial charge in [-0.1, -0.05) is 39.0 Å². The molecule has 3 N–H and O–H groups in total. The number of amides is 1. The largest absolute Gasteiger partial charge is 0.353 e. The molecule has 188 valence electrons. The molecule has 0 aliphatic heterocycles. The summed E-state index contributed by atoms with van der Waals surface area (Å²) < 4.78 is 0. The highest BCUT2D eigenvalue weighted by Gasteiger charge is 2.18. The molecule has 0 bridgehead atoms. The Hall–Kier alpha value is -4.85. The number of benzene rings is 1. The Labute approximate surface area is 219 Å². The van der Waals surface area contributed by atoms with Gasteiger partial charge in [0.25, 0.3) is 0 Å². The van der Waals surface area contributed by atoms with Gasteiger partial charge in [-0.3, -0.25) is 19.9 Å². The molecule has 5 aromatic heterocycles. The summed E-state index contributed by atoms with van der Waals surface area (Å²) in [4.78, 5) is 29.9. The highest BCUT2D eigenvalue weighted by atomic mass is 16.1. The van der Waals surface area contributed by atoms with Crippen LogP contribution in [0, 0.1) is 5.41 Å². The third-order valence-corrected chi connectivity index (χ3v) is 6.25. The number of fused-ring (bicyclic) bond motifs is 2. The predicted octanol–water partition coefficient (Wildman–Crippen LogP) is 6.60. The summed E-state index contributed by atoms with van der Waals surface area (Å²) in [5.41, 5.74) is 8.08. The smallest absolute Gasteiger partial charge is 0.224 e. The SMILES string of the molecule is CC(C)(C)CC(=O)Nc1cccc(-c2ccc3[nH]nc(-c4cc5c(-c6ccccn6)nccc5[nH]4)c3n2)c1. The third kappa shape index (κ3) is 4.64. The second-order valence-corrected chi connectivity index (χ2v) is 10.6. The minimum Gasteiger partial charge on any atom is -0.353 e. The maximum Gasteiger partial charge on any atom is 0.224 e. The molecule has 0 saturated carbocycles. The lowest BCUT2D eigenvalue weighted by Gasteiger charge is -2.17. The summed E-state index contributed by atoms with van der Waals surface area (Å²) in [5.74, 6) is -0.00597. The molecule has 0 aliphatic carbocycles. The first kappa shape index (κ1) is 23.5. The van der Waals surface area contributed by atoms with Gasteiger partial charge in [-0.25, -0.2) is 4.98 Å². The van der Waals surface area contributed by atoms with Crippen LogP contribution in [0.2, 0.25) is 0 Å². The van der Waals surface area contributed by atoms with E-state index in [0.717, 1.165) is 61.7 Å². The number of aromatic nitrogens is 6. The van der Waals surface area contributed by atoms with Crippen molar-refractivity contribution in [3.8, 4) is 34.0 Å². The number of pyridine rings is 3. The van der Waals surface area contributed by atoms with Gasteiger partial charge in [0.15, 0.2) is 0 Å². The first-order chi connectivity index (χ1) is 18.3. The number of nitrogens with zero attached hydrogens (tertiary/aromatic N) is 4. The standard InChI is InChI=1S/C30H27N7O/c1-30(2,3)17-26(38)33-19-8-6-7-18(15-19)21-10-11-24-28(35-21)29(37-36-24)25-16-20-22(34-25)12-14-32-27(20)23-9-4-5-13-31-23/h4-16,34H,17H2,1-3H3,(H,33,38)(H,36,37). The van der Waals surface area contributed by atoms with Crippen LogP contribution in [-0.4, -0.2) is 36.0 Å². The number of anilines is 1. The summed E-state index contributed by atoms with van der Waals surface area (Å²) in [7, 11) is 0. The third-order valence-electron chi connectivity index (χ3n) is 6.25. The molecule has 1 amide bonds. The van der Waals surface area contributed by atoms with Crippen LogP contribution in [0.25, 0.3) is 56.0 Å². The highest BCUT2D eigenvalue weighted by Crippen LogP contribution is 2.33. The molecule has 1 aromatic carbocycles. The lowest BCUT2D eigenvalue weighted by Crippen LogP contribution is -2.19. The molecule has 5 heterocycles. The number of carbonyl (C=O) groups excluding carboxylic acids is 1. The molecule has 0 aliphatic rings. The van der Waals surface area contributed by atoms with E-state index in [1.54, 1.807) is 12.4 Å². The number of carbonyl (C=O) groups is 1. The lowest BCUT2D eigenvalue weighted by molar-refractivity contribution is -0.117. The van der Waals surface area contributed by atoms with E-state index in [0.29, 0.717) is 6.42 Å². The lowest BCUT2D eigenvalue weighted by atomic mass is 9.92. The average Bonchev–Trinajstić information content (AvgIpc) is 3.51. The molecular formula is C30H27N7O. The van der Waals surface area contributed by atoms with Gasteiger partial charge >= 0.3 is 0 Å². The fourth-order valence-corrected chi connectivity index (χ4v) is 4.58. The first-order valence-electron chi connectivity index (χ1n) is 12.5. The van der Waals surface area contributed by atoms with Gasteiger partial charge in [0.05, 0.1) is 28.3 Å². The van der Waals surface area contributed by atoms with Crippen molar-refractivity contribution < 1.29 is 4.79 Å². The van der Waals surface area contributed by atoms with Crippen LogP contribution in [0.15, 0.2) is 79.1 Å². The normalized spacial score (nSPS) is 11.8. The Balaban J connectivity index is 1.36. The zero-order valence-electron chi connectivity index (χ0n) is 21.4. The molecule has 0 fully saturated rings. The van der Waals surface area contributed by atoms with Gasteiger partial charge in [0.1, 0.15) is 11.2 Å². The number of hydrogen-bond donors (Lipinski definition) is 3. The van der Waals surface area contributed by atoms with Gasteiger partial charge in [0, 0.05) is 41.0 Å². The molecule has 0 saturated heterocycles. The van der Waals surface area contributed by atoms with Crippen molar-refractivity contribution in [1.29, 1.82) is 0 Å². The van der Waals surface area contributed by atoms with Crippen LogP contribution in [0.3, 0.4) is 0 Å². The Morgan fingerprint density at radius 3 is 2.58 bits per heavy atom. The van der Waals surface area contributed by atoms with E-state index in [4.69, 9.17) is 4.98 Å². The number of aromatic amines is 2. The monoisotopic (exact) mass is 501 g/mol. The van der Waals surface area contributed by atoms with E-state index < -0.39 is 0 Å². The van der Waals surface area contributed by atoms with E-state index in [1.807, 2.05) is 87.5 Å². The van der Waals surface area contributed by atoms with Gasteiger partial charge in [-0.05, 0) is 53.9 Å². The fourth-order valence-electron chi connectivity index (χ4n) is 4.58. The van der Waals surface area contributed by atoms with E-state index in [9.17, 15) is 4.79 Å². The predicted molar refractivity (Wildman–Crippen MR) is 150 cm³/mol. The topological polar surface area (TPSA) is 112 Å². The zero-order valence-corrected chi connectivity index (χ0v) is 21.4. The number of rotatable bonds is 5. The second-order valence-electron chi connectivity index (χ2n) is 10.6. The number of hydrogen-bond acceptors (Lipinski definition) is 5. The minimum atomic E-state index is -0.0803. The quantitative estimate of drug-likeness (QED) is 0.246. The van der Waals surface area contributed by atoms with Crippen LogP contribution in [0.4, 0.5) is 5.69 Å².